The zero-order valence-electron chi connectivity index (χ0n) is 15.7. The van der Waals surface area contributed by atoms with Crippen molar-refractivity contribution >= 4 is 28.0 Å². The number of benzene rings is 1. The zero-order chi connectivity index (χ0) is 20.5. The number of hydrogen-bond donors (Lipinski definition) is 1. The van der Waals surface area contributed by atoms with Crippen molar-refractivity contribution in [2.24, 2.45) is 0 Å². The Bertz CT molecular complexity index is 1420. The van der Waals surface area contributed by atoms with Crippen LogP contribution >= 0.6 is 0 Å². The molecule has 0 aliphatic heterocycles. The van der Waals surface area contributed by atoms with E-state index in [1.54, 1.807) is 35.4 Å². The summed E-state index contributed by atoms with van der Waals surface area (Å²) in [6.07, 6.45) is 6.48. The molecule has 148 valence electrons. The summed E-state index contributed by atoms with van der Waals surface area (Å²) in [6.45, 7) is 0.139. The maximum absolute atomic E-state index is 12.7. The number of pyridine rings is 1. The van der Waals surface area contributed by atoms with Crippen LogP contribution in [0.25, 0.3) is 27.9 Å². The van der Waals surface area contributed by atoms with Gasteiger partial charge in [-0.05, 0) is 35.9 Å². The number of amides is 1. The average Bonchev–Trinajstić information content (AvgIpc) is 3.43. The molecule has 4 aromatic heterocycles. The second-order valence-electron chi connectivity index (χ2n) is 6.70. The molecule has 1 amide bonds. The summed E-state index contributed by atoms with van der Waals surface area (Å²) in [7, 11) is 0. The van der Waals surface area contributed by atoms with Crippen molar-refractivity contribution < 1.29 is 9.21 Å². The molecule has 0 saturated carbocycles. The summed E-state index contributed by atoms with van der Waals surface area (Å²) in [6, 6.07) is 12.8. The van der Waals surface area contributed by atoms with Gasteiger partial charge in [0.15, 0.2) is 5.82 Å². The lowest BCUT2D eigenvalue weighted by Gasteiger charge is -2.08. The van der Waals surface area contributed by atoms with Crippen LogP contribution in [0.15, 0.2) is 76.6 Å². The van der Waals surface area contributed by atoms with Crippen LogP contribution in [0.4, 0.5) is 0 Å². The number of furan rings is 1. The van der Waals surface area contributed by atoms with Crippen LogP contribution in [0, 0.1) is 0 Å². The van der Waals surface area contributed by atoms with E-state index in [0.29, 0.717) is 23.5 Å². The predicted octanol–water partition coefficient (Wildman–Crippen LogP) is 2.04. The van der Waals surface area contributed by atoms with E-state index in [2.05, 4.69) is 20.4 Å². The zero-order valence-corrected chi connectivity index (χ0v) is 15.7. The van der Waals surface area contributed by atoms with E-state index < -0.39 is 5.56 Å². The summed E-state index contributed by atoms with van der Waals surface area (Å²) in [5.74, 6) is 0.342. The molecule has 4 heterocycles. The van der Waals surface area contributed by atoms with Crippen molar-refractivity contribution in [3.63, 3.8) is 0 Å². The third-order valence-corrected chi connectivity index (χ3v) is 4.70. The van der Waals surface area contributed by atoms with Crippen LogP contribution in [-0.4, -0.2) is 30.2 Å². The van der Waals surface area contributed by atoms with E-state index in [4.69, 9.17) is 4.42 Å². The smallest absolute Gasteiger partial charge is 0.297 e. The first kappa shape index (κ1) is 17.8. The molecule has 1 aromatic carbocycles. The number of hydrogen-bond acceptors (Lipinski definition) is 6. The van der Waals surface area contributed by atoms with Crippen molar-refractivity contribution in [1.29, 1.82) is 0 Å². The normalized spacial score (nSPS) is 11.2. The Morgan fingerprint density at radius 2 is 2.00 bits per heavy atom. The van der Waals surface area contributed by atoms with E-state index >= 15 is 0 Å². The Morgan fingerprint density at radius 3 is 2.87 bits per heavy atom. The highest BCUT2D eigenvalue weighted by Gasteiger charge is 2.14. The van der Waals surface area contributed by atoms with Gasteiger partial charge in [0.2, 0.25) is 11.5 Å². The summed E-state index contributed by atoms with van der Waals surface area (Å²) < 4.78 is 8.52. The molecule has 0 fully saturated rings. The molecule has 0 radical (unpaired) electrons. The molecule has 30 heavy (non-hydrogen) atoms. The number of para-hydroxylation sites is 1. The lowest BCUT2D eigenvalue weighted by molar-refractivity contribution is -0.121. The van der Waals surface area contributed by atoms with Crippen LogP contribution in [0.5, 0.6) is 0 Å². The van der Waals surface area contributed by atoms with Crippen molar-refractivity contribution in [2.75, 3.05) is 0 Å². The van der Waals surface area contributed by atoms with E-state index in [1.165, 1.54) is 10.9 Å². The largest absolute Gasteiger partial charge is 0.448 e. The maximum Gasteiger partial charge on any atom is 0.297 e. The number of nitrogens with zero attached hydrogens (tertiary/aromatic N) is 5. The molecule has 9 heteroatoms. The molecule has 0 saturated heterocycles. The van der Waals surface area contributed by atoms with Gasteiger partial charge in [-0.1, -0.05) is 12.1 Å². The summed E-state index contributed by atoms with van der Waals surface area (Å²) in [5, 5.41) is 7.72. The molecule has 0 spiro atoms. The summed E-state index contributed by atoms with van der Waals surface area (Å²) in [5.41, 5.74) is 1.70. The monoisotopic (exact) mass is 400 g/mol. The fraction of sp³-hybridized carbons (Fsp3) is 0.0952. The number of aromatic nitrogens is 5. The first-order valence-electron chi connectivity index (χ1n) is 9.27. The molecular weight excluding hydrogens is 384 g/mol. The Kier molecular flexibility index (Phi) is 4.32. The number of carbonyl (C=O) groups excluding carboxylic acids is 1. The standard InChI is InChI=1S/C21H16N6O3/c28-18(23-11-14-6-8-22-17(10-14)27-9-3-7-25-27)12-26-13-24-19-15-4-1-2-5-16(15)30-20(19)21(26)29/h1-10,13H,11-12H2,(H,23,28). The Labute approximate surface area is 169 Å². The molecule has 0 atom stereocenters. The summed E-state index contributed by atoms with van der Waals surface area (Å²) in [4.78, 5) is 33.7. The van der Waals surface area contributed by atoms with Gasteiger partial charge in [-0.2, -0.15) is 5.10 Å². The lowest BCUT2D eigenvalue weighted by Crippen LogP contribution is -2.32. The van der Waals surface area contributed by atoms with Crippen molar-refractivity contribution in [3.8, 4) is 5.82 Å². The second kappa shape index (κ2) is 7.28. The molecular formula is C21H16N6O3. The highest BCUT2D eigenvalue weighted by atomic mass is 16.3. The third-order valence-electron chi connectivity index (χ3n) is 4.70. The van der Waals surface area contributed by atoms with E-state index in [-0.39, 0.29) is 18.0 Å². The number of carbonyl (C=O) groups is 1. The van der Waals surface area contributed by atoms with Gasteiger partial charge in [-0.3, -0.25) is 14.2 Å². The molecule has 9 nitrogen and oxygen atoms in total. The van der Waals surface area contributed by atoms with Crippen molar-refractivity contribution in [2.45, 2.75) is 13.1 Å². The lowest BCUT2D eigenvalue weighted by atomic mass is 10.2. The van der Waals surface area contributed by atoms with E-state index in [0.717, 1.165) is 10.9 Å². The molecule has 0 aliphatic rings. The van der Waals surface area contributed by atoms with Crippen LogP contribution < -0.4 is 10.9 Å². The minimum absolute atomic E-state index is 0.143. The first-order valence-corrected chi connectivity index (χ1v) is 9.27. The minimum atomic E-state index is -0.392. The molecule has 0 aliphatic carbocycles. The number of rotatable bonds is 5. The third kappa shape index (κ3) is 3.22. The van der Waals surface area contributed by atoms with Gasteiger partial charge in [0.25, 0.3) is 5.56 Å². The topological polar surface area (TPSA) is 108 Å². The number of fused-ring (bicyclic) bond motifs is 3. The van der Waals surface area contributed by atoms with Gasteiger partial charge < -0.3 is 9.73 Å². The van der Waals surface area contributed by atoms with Crippen LogP contribution in [-0.2, 0) is 17.9 Å². The Balaban J connectivity index is 1.32. The average molecular weight is 400 g/mol. The molecule has 0 unspecified atom stereocenters. The van der Waals surface area contributed by atoms with Gasteiger partial charge >= 0.3 is 0 Å². The predicted molar refractivity (Wildman–Crippen MR) is 109 cm³/mol. The van der Waals surface area contributed by atoms with Crippen molar-refractivity contribution in [1.82, 2.24) is 29.6 Å². The fourth-order valence-electron chi connectivity index (χ4n) is 3.24. The molecule has 5 aromatic rings. The minimum Gasteiger partial charge on any atom is -0.448 e. The quantitative estimate of drug-likeness (QED) is 0.484. The van der Waals surface area contributed by atoms with E-state index in [9.17, 15) is 9.59 Å². The van der Waals surface area contributed by atoms with Crippen LogP contribution in [0.1, 0.15) is 5.56 Å². The first-order chi connectivity index (χ1) is 14.7. The summed E-state index contributed by atoms with van der Waals surface area (Å²) >= 11 is 0. The van der Waals surface area contributed by atoms with Gasteiger partial charge in [-0.25, -0.2) is 14.6 Å². The van der Waals surface area contributed by atoms with Crippen LogP contribution in [0.2, 0.25) is 0 Å². The highest BCUT2D eigenvalue weighted by molar-refractivity contribution is 6.01. The molecule has 5 rings (SSSR count). The SMILES string of the molecule is O=C(Cn1cnc2c(oc3ccccc32)c1=O)NCc1ccnc(-n2cccn2)c1. The molecule has 0 bridgehead atoms. The molecule has 1 N–H and O–H groups in total. The Morgan fingerprint density at radius 1 is 1.10 bits per heavy atom. The highest BCUT2D eigenvalue weighted by Crippen LogP contribution is 2.23. The fourth-order valence-corrected chi connectivity index (χ4v) is 3.24. The Hall–Kier alpha value is -4.27. The van der Waals surface area contributed by atoms with Gasteiger partial charge in [-0.15, -0.1) is 0 Å². The van der Waals surface area contributed by atoms with Gasteiger partial charge in [0.05, 0.1) is 6.33 Å². The van der Waals surface area contributed by atoms with Gasteiger partial charge in [0, 0.05) is 30.5 Å². The maximum atomic E-state index is 12.7. The second-order valence-corrected chi connectivity index (χ2v) is 6.70. The van der Waals surface area contributed by atoms with Crippen molar-refractivity contribution in [3.05, 3.63) is 83.3 Å². The van der Waals surface area contributed by atoms with E-state index in [1.807, 2.05) is 30.3 Å². The van der Waals surface area contributed by atoms with Crippen LogP contribution in [0.3, 0.4) is 0 Å². The van der Waals surface area contributed by atoms with Gasteiger partial charge in [0.1, 0.15) is 17.6 Å². The number of nitrogens with one attached hydrogen (secondary N) is 1.